The molecule has 228 valence electrons. The van der Waals surface area contributed by atoms with Crippen LogP contribution in [-0.4, -0.2) is 60.5 Å². The smallest absolute Gasteiger partial charge is 0.347 e. The Labute approximate surface area is 256 Å². The third-order valence-electron chi connectivity index (χ3n) is 8.08. The summed E-state index contributed by atoms with van der Waals surface area (Å²) in [6.45, 7) is 20.2. The summed E-state index contributed by atoms with van der Waals surface area (Å²) >= 11 is 0. The monoisotopic (exact) mass is 595 g/mol. The van der Waals surface area contributed by atoms with Crippen molar-refractivity contribution < 1.29 is 9.18 Å². The highest BCUT2D eigenvalue weighted by Gasteiger charge is 2.35. The van der Waals surface area contributed by atoms with E-state index in [9.17, 15) is 9.59 Å². The van der Waals surface area contributed by atoms with Gasteiger partial charge in [-0.05, 0) is 43.4 Å². The van der Waals surface area contributed by atoms with E-state index in [1.807, 2.05) is 64.6 Å². The molecule has 5 rings (SSSR count). The van der Waals surface area contributed by atoms with Gasteiger partial charge in [-0.2, -0.15) is 4.98 Å². The number of halogens is 1. The van der Waals surface area contributed by atoms with Crippen LogP contribution in [0, 0.1) is 5.82 Å². The van der Waals surface area contributed by atoms with E-state index in [1.54, 1.807) is 17.0 Å². The summed E-state index contributed by atoms with van der Waals surface area (Å²) in [4.78, 5) is 49.1. The molecule has 9 nitrogen and oxygen atoms in total. The van der Waals surface area contributed by atoms with E-state index < -0.39 is 11.5 Å². The highest BCUT2D eigenvalue weighted by atomic mass is 19.1. The lowest BCUT2D eigenvalue weighted by Crippen LogP contribution is -2.58. The van der Waals surface area contributed by atoms with Gasteiger partial charge in [0.1, 0.15) is 23.7 Å². The summed E-state index contributed by atoms with van der Waals surface area (Å²) in [5, 5.41) is 0.373. The van der Waals surface area contributed by atoms with Crippen molar-refractivity contribution in [3.05, 3.63) is 89.1 Å². The van der Waals surface area contributed by atoms with Gasteiger partial charge in [-0.15, -0.1) is 0 Å². The Hall–Kier alpha value is -4.73. The van der Waals surface area contributed by atoms with Gasteiger partial charge in [0, 0.05) is 30.7 Å². The average molecular weight is 596 g/mol. The van der Waals surface area contributed by atoms with Crippen molar-refractivity contribution in [1.82, 2.24) is 29.4 Å². The second kappa shape index (κ2) is 12.1. The second-order valence-corrected chi connectivity index (χ2v) is 11.9. The van der Waals surface area contributed by atoms with Gasteiger partial charge in [0.05, 0.1) is 22.5 Å². The Kier molecular flexibility index (Phi) is 8.45. The van der Waals surface area contributed by atoms with E-state index >= 15 is 4.39 Å². The fraction of sp³-hybridized carbons (Fsp3) is 0.353. The summed E-state index contributed by atoms with van der Waals surface area (Å²) in [6.07, 6.45) is 4.46. The molecule has 1 aliphatic rings. The summed E-state index contributed by atoms with van der Waals surface area (Å²) < 4.78 is 17.6. The van der Waals surface area contributed by atoms with Crippen molar-refractivity contribution in [2.45, 2.75) is 65.5 Å². The lowest BCUT2D eigenvalue weighted by molar-refractivity contribution is -0.127. The largest absolute Gasteiger partial charge is 0.355 e. The molecule has 1 fully saturated rings. The number of pyridine rings is 1. The molecule has 1 amide bonds. The maximum Gasteiger partial charge on any atom is 0.355 e. The van der Waals surface area contributed by atoms with Crippen LogP contribution < -0.4 is 10.6 Å². The molecule has 0 saturated carbocycles. The molecule has 1 aliphatic heterocycles. The zero-order valence-corrected chi connectivity index (χ0v) is 26.1. The molecule has 1 aromatic carbocycles. The summed E-state index contributed by atoms with van der Waals surface area (Å²) in [6, 6.07) is 8.23. The minimum absolute atomic E-state index is 0.0518. The number of anilines is 1. The van der Waals surface area contributed by atoms with Crippen LogP contribution in [0.1, 0.15) is 70.3 Å². The van der Waals surface area contributed by atoms with Crippen LogP contribution in [0.15, 0.2) is 60.7 Å². The number of nitrogens with zero attached hydrogens (tertiary/aromatic N) is 7. The summed E-state index contributed by atoms with van der Waals surface area (Å²) in [5.41, 5.74) is 2.87. The molecular weight excluding hydrogens is 557 g/mol. The van der Waals surface area contributed by atoms with Crippen molar-refractivity contribution in [3.63, 3.8) is 0 Å². The second-order valence-electron chi connectivity index (χ2n) is 11.9. The van der Waals surface area contributed by atoms with E-state index in [0.717, 1.165) is 0 Å². The fourth-order valence-corrected chi connectivity index (χ4v) is 6.11. The van der Waals surface area contributed by atoms with Crippen LogP contribution in [0.4, 0.5) is 10.2 Å². The number of rotatable bonds is 7. The number of hydrogen-bond acceptors (Lipinski definition) is 7. The molecule has 0 spiro atoms. The molecule has 2 atom stereocenters. The molecule has 44 heavy (non-hydrogen) atoms. The molecule has 4 aromatic rings. The third-order valence-corrected chi connectivity index (χ3v) is 8.08. The zero-order valence-electron chi connectivity index (χ0n) is 26.1. The molecule has 0 radical (unpaired) electrons. The van der Waals surface area contributed by atoms with Gasteiger partial charge >= 0.3 is 5.69 Å². The molecule has 0 unspecified atom stereocenters. The summed E-state index contributed by atoms with van der Waals surface area (Å²) in [7, 11) is 0. The Morgan fingerprint density at radius 3 is 2.18 bits per heavy atom. The number of fused-ring (bicyclic) bond motifs is 1. The first kappa shape index (κ1) is 30.7. The topological polar surface area (TPSA) is 97.1 Å². The van der Waals surface area contributed by atoms with Crippen molar-refractivity contribution in [2.75, 3.05) is 18.0 Å². The molecule has 4 heterocycles. The van der Waals surface area contributed by atoms with Crippen molar-refractivity contribution >= 4 is 28.8 Å². The van der Waals surface area contributed by atoms with E-state index in [-0.39, 0.29) is 41.2 Å². The van der Waals surface area contributed by atoms with Crippen molar-refractivity contribution in [2.24, 2.45) is 0 Å². The summed E-state index contributed by atoms with van der Waals surface area (Å²) in [5.74, 6) is -0.510. The normalized spacial score (nSPS) is 17.0. The Morgan fingerprint density at radius 1 is 1.00 bits per heavy atom. The minimum atomic E-state index is -0.572. The van der Waals surface area contributed by atoms with Crippen molar-refractivity contribution in [3.8, 4) is 16.9 Å². The molecule has 10 heteroatoms. The Morgan fingerprint density at radius 2 is 1.61 bits per heavy atom. The van der Waals surface area contributed by atoms with Gasteiger partial charge in [0.15, 0.2) is 5.65 Å². The fourth-order valence-electron chi connectivity index (χ4n) is 6.11. The van der Waals surface area contributed by atoms with Crippen LogP contribution in [0.25, 0.3) is 34.1 Å². The standard InChI is InChI=1S/C34H38FN7O2/c1-9-23-13-11-12-14-24(23)30-26(35)15-25-32(38-30)42(31-28(19(3)4)36-18-37-29(31)20(5)6)34(44)39-33(25)41-21(7)16-40(17-22(41)8)27(43)10-2/h9-15,18-22H,1-2,16-17H2,3-8H3/t21-,22-/m0/s1. The number of piperazine rings is 1. The van der Waals surface area contributed by atoms with Gasteiger partial charge in [-0.3, -0.25) is 4.79 Å². The number of benzene rings is 1. The van der Waals surface area contributed by atoms with E-state index in [4.69, 9.17) is 4.98 Å². The Balaban J connectivity index is 1.88. The van der Waals surface area contributed by atoms with Gasteiger partial charge in [0.25, 0.3) is 0 Å². The third kappa shape index (κ3) is 5.29. The highest BCUT2D eigenvalue weighted by molar-refractivity contribution is 5.92. The first-order chi connectivity index (χ1) is 21.0. The molecular formula is C34H38FN7O2. The first-order valence-electron chi connectivity index (χ1n) is 14.9. The maximum atomic E-state index is 16.2. The van der Waals surface area contributed by atoms with Crippen molar-refractivity contribution in [1.29, 1.82) is 0 Å². The van der Waals surface area contributed by atoms with Gasteiger partial charge in [-0.1, -0.05) is 71.2 Å². The molecule has 3 aromatic heterocycles. The molecule has 1 saturated heterocycles. The number of aromatic nitrogens is 5. The predicted molar refractivity (Wildman–Crippen MR) is 173 cm³/mol. The molecule has 0 bridgehead atoms. The zero-order chi connectivity index (χ0) is 31.9. The van der Waals surface area contributed by atoms with E-state index in [0.29, 0.717) is 52.5 Å². The van der Waals surface area contributed by atoms with Crippen LogP contribution in [-0.2, 0) is 4.79 Å². The lowest BCUT2D eigenvalue weighted by Gasteiger charge is -2.45. The van der Waals surface area contributed by atoms with E-state index in [1.165, 1.54) is 23.0 Å². The number of carbonyl (C=O) groups is 1. The van der Waals surface area contributed by atoms with Crippen LogP contribution >= 0.6 is 0 Å². The van der Waals surface area contributed by atoms with Crippen LogP contribution in [0.3, 0.4) is 0 Å². The molecule has 0 N–H and O–H groups in total. The van der Waals surface area contributed by atoms with Gasteiger partial charge in [0.2, 0.25) is 5.91 Å². The lowest BCUT2D eigenvalue weighted by atomic mass is 10.0. The Bertz CT molecular complexity index is 1790. The van der Waals surface area contributed by atoms with Gasteiger partial charge in [-0.25, -0.2) is 28.7 Å². The maximum absolute atomic E-state index is 16.2. The van der Waals surface area contributed by atoms with Crippen LogP contribution in [0.2, 0.25) is 0 Å². The van der Waals surface area contributed by atoms with E-state index in [2.05, 4.69) is 28.1 Å². The predicted octanol–water partition coefficient (Wildman–Crippen LogP) is 5.88. The first-order valence-corrected chi connectivity index (χ1v) is 14.9. The van der Waals surface area contributed by atoms with Gasteiger partial charge < -0.3 is 9.80 Å². The molecule has 0 aliphatic carbocycles. The minimum Gasteiger partial charge on any atom is -0.347 e. The average Bonchev–Trinajstić information content (AvgIpc) is 2.99. The number of carbonyl (C=O) groups excluding carboxylic acids is 1. The number of hydrogen-bond donors (Lipinski definition) is 0. The SMILES string of the molecule is C=CC(=O)N1C[C@H](C)N(c2nc(=O)n(-c3c(C(C)C)ncnc3C(C)C)c3nc(-c4ccccc4C=C)c(F)cc23)[C@@H](C)C1. The van der Waals surface area contributed by atoms with Crippen LogP contribution in [0.5, 0.6) is 0 Å². The quantitative estimate of drug-likeness (QED) is 0.246. The number of amides is 1. The highest BCUT2D eigenvalue weighted by Crippen LogP contribution is 2.36.